The van der Waals surface area contributed by atoms with Gasteiger partial charge in [-0.25, -0.2) is 0 Å². The minimum absolute atomic E-state index is 0.0652. The number of ether oxygens (including phenoxy) is 4. The number of aryl methyl sites for hydroxylation is 1. The molecule has 0 saturated carbocycles. The molecule has 0 saturated heterocycles. The summed E-state index contributed by atoms with van der Waals surface area (Å²) in [6.45, 7) is 5.49. The number of aliphatic hydroxyl groups is 2. The molecule has 1 aliphatic heterocycles. The monoisotopic (exact) mass is 630 g/mol. The van der Waals surface area contributed by atoms with Gasteiger partial charge < -0.3 is 34.5 Å². The summed E-state index contributed by atoms with van der Waals surface area (Å²) >= 11 is 0. The van der Waals surface area contributed by atoms with Gasteiger partial charge in [-0.1, -0.05) is 30.3 Å². The number of rotatable bonds is 12. The van der Waals surface area contributed by atoms with Gasteiger partial charge in [0.25, 0.3) is 0 Å². The van der Waals surface area contributed by atoms with E-state index >= 15 is 8.78 Å². The predicted molar refractivity (Wildman–Crippen MR) is 168 cm³/mol. The van der Waals surface area contributed by atoms with Crippen molar-refractivity contribution in [3.8, 4) is 40.2 Å². The van der Waals surface area contributed by atoms with Gasteiger partial charge in [0.2, 0.25) is 0 Å². The Hall–Kier alpha value is -4.69. The summed E-state index contributed by atoms with van der Waals surface area (Å²) in [5.74, 6) is 1.34. The van der Waals surface area contributed by atoms with Crippen molar-refractivity contribution in [2.45, 2.75) is 45.6 Å². The fourth-order valence-electron chi connectivity index (χ4n) is 5.20. The summed E-state index contributed by atoms with van der Waals surface area (Å²) in [6.07, 6.45) is -3.70. The molecule has 0 bridgehead atoms. The number of benzene rings is 4. The summed E-state index contributed by atoms with van der Waals surface area (Å²) in [6, 6.07) is 21.9. The van der Waals surface area contributed by atoms with Crippen LogP contribution in [0.1, 0.15) is 40.3 Å². The van der Waals surface area contributed by atoms with Crippen LogP contribution in [0.15, 0.2) is 72.8 Å². The number of halogens is 2. The molecule has 0 atom stereocenters. The van der Waals surface area contributed by atoms with Crippen LogP contribution >= 0.6 is 0 Å². The maximum absolute atomic E-state index is 16.0. The third kappa shape index (κ3) is 7.23. The van der Waals surface area contributed by atoms with Crippen LogP contribution in [-0.2, 0) is 19.3 Å². The lowest BCUT2D eigenvalue weighted by atomic mass is 9.95. The minimum Gasteiger partial charge on any atom is -0.488 e. The van der Waals surface area contributed by atoms with E-state index < -0.39 is 11.6 Å². The molecule has 1 aliphatic rings. The van der Waals surface area contributed by atoms with E-state index in [1.54, 1.807) is 69.3 Å². The van der Waals surface area contributed by atoms with E-state index in [1.165, 1.54) is 18.2 Å². The van der Waals surface area contributed by atoms with Crippen molar-refractivity contribution in [1.29, 1.82) is 5.26 Å². The predicted octanol–water partition coefficient (Wildman–Crippen LogP) is 6.15. The zero-order chi connectivity index (χ0) is 32.9. The highest BCUT2D eigenvalue weighted by Gasteiger charge is 2.37. The van der Waals surface area contributed by atoms with Crippen LogP contribution in [0.2, 0.25) is 0 Å². The number of nitriles is 1. The number of hydrogen-bond acceptors (Lipinski definition) is 8. The number of nitrogens with one attached hydrogen (secondary N) is 1. The molecule has 46 heavy (non-hydrogen) atoms. The fourth-order valence-corrected chi connectivity index (χ4v) is 5.20. The molecule has 0 radical (unpaired) electrons. The van der Waals surface area contributed by atoms with E-state index in [0.29, 0.717) is 58.1 Å². The normalized spacial score (nSPS) is 12.8. The van der Waals surface area contributed by atoms with E-state index in [0.717, 1.165) is 5.56 Å². The van der Waals surface area contributed by atoms with Gasteiger partial charge in [0.1, 0.15) is 31.3 Å². The van der Waals surface area contributed by atoms with Crippen LogP contribution in [0, 0.1) is 25.2 Å². The lowest BCUT2D eigenvalue weighted by molar-refractivity contribution is -0.185. The average molecular weight is 631 g/mol. The zero-order valence-corrected chi connectivity index (χ0v) is 25.9. The Kier molecular flexibility index (Phi) is 9.77. The molecule has 10 heteroatoms. The van der Waals surface area contributed by atoms with Crippen molar-refractivity contribution in [3.05, 3.63) is 106 Å². The highest BCUT2D eigenvalue weighted by atomic mass is 19.3. The SMILES string of the molecule is Cc1cc(OC(F)(F)c2cccc(-c3ccc4c(c3)OCCO4)c2C)cc(OCc2cccc(C#N)c2)c1CNC(C)(CO)CO. The van der Waals surface area contributed by atoms with E-state index in [2.05, 4.69) is 11.4 Å². The topological polar surface area (TPSA) is 113 Å². The molecular formula is C36H36F2N2O6. The summed E-state index contributed by atoms with van der Waals surface area (Å²) in [5.41, 5.74) is 2.81. The molecule has 0 aliphatic carbocycles. The molecule has 3 N–H and O–H groups in total. The summed E-state index contributed by atoms with van der Waals surface area (Å²) < 4.78 is 54.7. The average Bonchev–Trinajstić information content (AvgIpc) is 3.06. The number of hydrogen-bond donors (Lipinski definition) is 3. The highest BCUT2D eigenvalue weighted by Crippen LogP contribution is 2.41. The lowest BCUT2D eigenvalue weighted by Crippen LogP contribution is -2.48. The summed E-state index contributed by atoms with van der Waals surface area (Å²) in [7, 11) is 0. The van der Waals surface area contributed by atoms with Crippen molar-refractivity contribution in [2.75, 3.05) is 26.4 Å². The first-order valence-electron chi connectivity index (χ1n) is 14.8. The van der Waals surface area contributed by atoms with Gasteiger partial charge in [-0.2, -0.15) is 14.0 Å². The molecule has 0 unspecified atom stereocenters. The van der Waals surface area contributed by atoms with Crippen LogP contribution < -0.4 is 24.3 Å². The van der Waals surface area contributed by atoms with Crippen molar-refractivity contribution in [2.24, 2.45) is 0 Å². The Bertz CT molecular complexity index is 1750. The molecule has 4 aromatic rings. The molecule has 0 spiro atoms. The minimum atomic E-state index is -3.70. The third-order valence-corrected chi connectivity index (χ3v) is 7.99. The van der Waals surface area contributed by atoms with Crippen molar-refractivity contribution >= 4 is 0 Å². The number of fused-ring (bicyclic) bond motifs is 1. The molecule has 0 amide bonds. The summed E-state index contributed by atoms with van der Waals surface area (Å²) in [5, 5.41) is 31.9. The van der Waals surface area contributed by atoms with Crippen molar-refractivity contribution < 1.29 is 37.9 Å². The molecule has 0 fully saturated rings. The van der Waals surface area contributed by atoms with Crippen LogP contribution in [0.25, 0.3) is 11.1 Å². The standard InChI is InChI=1S/C36H36F2N2O6/c1-23-14-28(17-33(30(23)19-40-35(3,21-41)22-42)45-20-26-7-4-6-25(15-26)18-39)46-36(37,38)31-9-5-8-29(24(31)2)27-10-11-32-34(16-27)44-13-12-43-32/h4-11,14-17,40-42H,12-13,19-22H2,1-3H3. The number of alkyl halides is 2. The van der Waals surface area contributed by atoms with Gasteiger partial charge in [0, 0.05) is 18.2 Å². The second kappa shape index (κ2) is 13.7. The molecule has 8 nitrogen and oxygen atoms in total. The van der Waals surface area contributed by atoms with E-state index in [-0.39, 0.29) is 43.4 Å². The number of nitrogens with zero attached hydrogens (tertiary/aromatic N) is 1. The Morgan fingerprint density at radius 3 is 2.41 bits per heavy atom. The molecular weight excluding hydrogens is 594 g/mol. The maximum Gasteiger partial charge on any atom is 0.426 e. The Morgan fingerprint density at radius 2 is 1.67 bits per heavy atom. The second-order valence-electron chi connectivity index (χ2n) is 11.5. The first-order valence-corrected chi connectivity index (χ1v) is 14.8. The van der Waals surface area contributed by atoms with E-state index in [9.17, 15) is 15.5 Å². The maximum atomic E-state index is 16.0. The molecule has 4 aromatic carbocycles. The van der Waals surface area contributed by atoms with E-state index in [1.807, 2.05) is 6.07 Å². The highest BCUT2D eigenvalue weighted by molar-refractivity contribution is 5.71. The lowest BCUT2D eigenvalue weighted by Gasteiger charge is -2.28. The fraction of sp³-hybridized carbons (Fsp3) is 0.306. The molecule has 240 valence electrons. The Morgan fingerprint density at radius 1 is 0.935 bits per heavy atom. The summed E-state index contributed by atoms with van der Waals surface area (Å²) in [4.78, 5) is 0. The Balaban J connectivity index is 1.45. The van der Waals surface area contributed by atoms with Crippen LogP contribution in [0.3, 0.4) is 0 Å². The molecule has 0 aromatic heterocycles. The number of aliphatic hydroxyl groups excluding tert-OH is 2. The van der Waals surface area contributed by atoms with Gasteiger partial charge in [0.15, 0.2) is 11.5 Å². The van der Waals surface area contributed by atoms with Gasteiger partial charge in [-0.3, -0.25) is 0 Å². The van der Waals surface area contributed by atoms with Crippen molar-refractivity contribution in [3.63, 3.8) is 0 Å². The van der Waals surface area contributed by atoms with Gasteiger partial charge in [0.05, 0.1) is 35.9 Å². The third-order valence-electron chi connectivity index (χ3n) is 7.99. The van der Waals surface area contributed by atoms with Gasteiger partial charge in [-0.05, 0) is 85.0 Å². The first kappa shape index (κ1) is 32.7. The zero-order valence-electron chi connectivity index (χ0n) is 25.9. The van der Waals surface area contributed by atoms with Crippen LogP contribution in [0.5, 0.6) is 23.0 Å². The van der Waals surface area contributed by atoms with Crippen LogP contribution in [-0.4, -0.2) is 42.2 Å². The van der Waals surface area contributed by atoms with Crippen LogP contribution in [0.4, 0.5) is 8.78 Å². The largest absolute Gasteiger partial charge is 0.488 e. The van der Waals surface area contributed by atoms with Gasteiger partial charge in [-0.15, -0.1) is 0 Å². The van der Waals surface area contributed by atoms with Gasteiger partial charge >= 0.3 is 6.11 Å². The molecule has 1 heterocycles. The first-order chi connectivity index (χ1) is 22.1. The van der Waals surface area contributed by atoms with Crippen molar-refractivity contribution in [1.82, 2.24) is 5.32 Å². The Labute approximate surface area is 266 Å². The van der Waals surface area contributed by atoms with E-state index in [4.69, 9.17) is 18.9 Å². The molecule has 5 rings (SSSR count). The quantitative estimate of drug-likeness (QED) is 0.171. The smallest absolute Gasteiger partial charge is 0.426 e. The second-order valence-corrected chi connectivity index (χ2v) is 11.5.